The van der Waals surface area contributed by atoms with Crippen molar-refractivity contribution in [2.24, 2.45) is 0 Å². The Kier molecular flexibility index (Phi) is 10.7. The van der Waals surface area contributed by atoms with Crippen molar-refractivity contribution in [1.82, 2.24) is 14.9 Å². The minimum Gasteiger partial charge on any atom is -0.387 e. The molecular formula is C24H33N4O10P. The molecule has 2 heterocycles. The van der Waals surface area contributed by atoms with E-state index in [0.717, 1.165) is 22.4 Å². The van der Waals surface area contributed by atoms with Crippen LogP contribution in [0.25, 0.3) is 0 Å². The third kappa shape index (κ3) is 8.18. The molecule has 4 atom stereocenters. The molecule has 0 aliphatic carbocycles. The van der Waals surface area contributed by atoms with E-state index in [-0.39, 0.29) is 44.7 Å². The number of hydrogen-bond acceptors (Lipinski definition) is 10. The maximum atomic E-state index is 12.7. The van der Waals surface area contributed by atoms with Gasteiger partial charge in [-0.3, -0.25) is 28.5 Å². The number of carbonyl (C=O) groups excluding carboxylic acids is 2. The summed E-state index contributed by atoms with van der Waals surface area (Å²) in [5.41, 5.74) is -0.242. The maximum absolute atomic E-state index is 12.7. The van der Waals surface area contributed by atoms with Crippen molar-refractivity contribution >= 4 is 25.1 Å². The molecule has 5 N–H and O–H groups in total. The van der Waals surface area contributed by atoms with Crippen LogP contribution >= 0.6 is 7.60 Å². The van der Waals surface area contributed by atoms with Crippen molar-refractivity contribution in [2.45, 2.75) is 57.4 Å². The van der Waals surface area contributed by atoms with Crippen molar-refractivity contribution in [3.63, 3.8) is 0 Å². The zero-order chi connectivity index (χ0) is 28.6. The lowest BCUT2D eigenvalue weighted by Crippen LogP contribution is -2.43. The molecule has 0 saturated carbocycles. The number of nitrogens with one attached hydrogen (secondary N) is 3. The topological polar surface area (TPSA) is 198 Å². The lowest BCUT2D eigenvalue weighted by molar-refractivity contribution is -0.138. The highest BCUT2D eigenvalue weighted by atomic mass is 31.2. The Morgan fingerprint density at radius 2 is 1.74 bits per heavy atom. The Hall–Kier alpha value is -3.13. The van der Waals surface area contributed by atoms with Gasteiger partial charge in [0.1, 0.15) is 12.2 Å². The fraction of sp³-hybridized carbons (Fsp3) is 0.500. The predicted octanol–water partition coefficient (Wildman–Crippen LogP) is 0.457. The molecule has 1 aliphatic rings. The van der Waals surface area contributed by atoms with Crippen LogP contribution in [0.3, 0.4) is 0 Å². The van der Waals surface area contributed by atoms with Crippen LogP contribution in [0.4, 0.5) is 5.69 Å². The third-order valence-electron chi connectivity index (χ3n) is 5.77. The molecule has 1 saturated heterocycles. The maximum Gasteiger partial charge on any atom is 0.335 e. The van der Waals surface area contributed by atoms with Gasteiger partial charge in [-0.15, -0.1) is 0 Å². The number of carbonyl (C=O) groups is 2. The Bertz CT molecular complexity index is 1280. The zero-order valence-corrected chi connectivity index (χ0v) is 22.5. The highest BCUT2D eigenvalue weighted by Crippen LogP contribution is 2.51. The number of benzene rings is 1. The fourth-order valence-corrected chi connectivity index (χ4v) is 5.66. The summed E-state index contributed by atoms with van der Waals surface area (Å²) in [5.74, 6) is -1.02. The van der Waals surface area contributed by atoms with Crippen LogP contribution in [0.5, 0.6) is 0 Å². The van der Waals surface area contributed by atoms with E-state index < -0.39 is 49.3 Å². The number of hydrogen-bond donors (Lipinski definition) is 5. The van der Waals surface area contributed by atoms with E-state index in [0.29, 0.717) is 5.69 Å². The normalized spacial score (nSPS) is 21.0. The largest absolute Gasteiger partial charge is 0.387 e. The lowest BCUT2D eigenvalue weighted by atomic mass is 10.1. The molecule has 15 heteroatoms. The van der Waals surface area contributed by atoms with Gasteiger partial charge < -0.3 is 34.6 Å². The van der Waals surface area contributed by atoms with Gasteiger partial charge in [0.25, 0.3) is 11.5 Å². The molecule has 1 fully saturated rings. The second-order valence-corrected chi connectivity index (χ2v) is 10.7. The number of aliphatic hydroxyl groups is 2. The van der Waals surface area contributed by atoms with Crippen LogP contribution in [-0.4, -0.2) is 69.6 Å². The quantitative estimate of drug-likeness (QED) is 0.167. The molecule has 0 unspecified atom stereocenters. The minimum absolute atomic E-state index is 0.0814. The van der Waals surface area contributed by atoms with E-state index in [9.17, 15) is 34.0 Å². The standard InChI is InChI=1S/C24H33N4O10P/c1-3-36-39(35,37-4-2)14-15-7-9-16(10-8-15)26-17(29)6-5-12-25-22(33)21-19(31)20(32)23(38-21)28-13-11-18(30)27-24(28)34/h7-11,13,19-21,23,31-32H,3-6,12,14H2,1-2H3,(H,25,33)(H,26,29)(H,27,30,34)/t19-,20+,21-,23+/m0/s1. The number of nitrogens with zero attached hydrogens (tertiary/aromatic N) is 1. The molecule has 3 rings (SSSR count). The summed E-state index contributed by atoms with van der Waals surface area (Å²) in [6.45, 7) is 4.09. The first-order valence-electron chi connectivity index (χ1n) is 12.4. The molecule has 1 aromatic carbocycles. The number of aromatic nitrogens is 2. The number of rotatable bonds is 13. The van der Waals surface area contributed by atoms with Crippen LogP contribution in [0, 0.1) is 0 Å². The molecule has 1 aliphatic heterocycles. The number of amides is 2. The molecule has 214 valence electrons. The Labute approximate surface area is 223 Å². The Balaban J connectivity index is 1.43. The van der Waals surface area contributed by atoms with Crippen LogP contribution in [0.2, 0.25) is 0 Å². The number of aliphatic hydroxyl groups excluding tert-OH is 2. The predicted molar refractivity (Wildman–Crippen MR) is 139 cm³/mol. The molecule has 0 radical (unpaired) electrons. The van der Waals surface area contributed by atoms with Gasteiger partial charge in [-0.1, -0.05) is 12.1 Å². The Morgan fingerprint density at radius 1 is 1.08 bits per heavy atom. The summed E-state index contributed by atoms with van der Waals surface area (Å²) in [4.78, 5) is 50.0. The van der Waals surface area contributed by atoms with E-state index in [4.69, 9.17) is 13.8 Å². The fourth-order valence-electron chi connectivity index (χ4n) is 3.96. The van der Waals surface area contributed by atoms with Crippen LogP contribution in [0.15, 0.2) is 46.1 Å². The average molecular weight is 569 g/mol. The summed E-state index contributed by atoms with van der Waals surface area (Å²) in [6.07, 6.45) is -4.48. The molecule has 0 bridgehead atoms. The first-order chi connectivity index (χ1) is 18.6. The smallest absolute Gasteiger partial charge is 0.335 e. The van der Waals surface area contributed by atoms with Crippen molar-refractivity contribution in [3.05, 3.63) is 62.9 Å². The molecular weight excluding hydrogens is 535 g/mol. The minimum atomic E-state index is -3.24. The van der Waals surface area contributed by atoms with Crippen molar-refractivity contribution in [1.29, 1.82) is 0 Å². The van der Waals surface area contributed by atoms with Gasteiger partial charge in [-0.2, -0.15) is 0 Å². The van der Waals surface area contributed by atoms with E-state index in [2.05, 4.69) is 10.6 Å². The number of H-pyrrole nitrogens is 1. The zero-order valence-electron chi connectivity index (χ0n) is 21.6. The van der Waals surface area contributed by atoms with Gasteiger partial charge in [0, 0.05) is 30.9 Å². The number of anilines is 1. The van der Waals surface area contributed by atoms with E-state index in [1.54, 1.807) is 38.1 Å². The number of aromatic amines is 1. The monoisotopic (exact) mass is 568 g/mol. The van der Waals surface area contributed by atoms with E-state index >= 15 is 0 Å². The third-order valence-corrected chi connectivity index (χ3v) is 7.82. The second-order valence-electron chi connectivity index (χ2n) is 8.69. The Morgan fingerprint density at radius 3 is 2.36 bits per heavy atom. The first kappa shape index (κ1) is 30.4. The lowest BCUT2D eigenvalue weighted by Gasteiger charge is -2.17. The van der Waals surface area contributed by atoms with Gasteiger partial charge in [-0.25, -0.2) is 4.79 Å². The summed E-state index contributed by atoms with van der Waals surface area (Å²) >= 11 is 0. The average Bonchev–Trinajstić information content (AvgIpc) is 3.17. The van der Waals surface area contributed by atoms with Gasteiger partial charge in [0.2, 0.25) is 5.91 Å². The number of ether oxygens (including phenoxy) is 1. The van der Waals surface area contributed by atoms with Gasteiger partial charge in [-0.05, 0) is 38.0 Å². The molecule has 2 aromatic rings. The van der Waals surface area contributed by atoms with Crippen molar-refractivity contribution in [2.75, 3.05) is 25.1 Å². The highest BCUT2D eigenvalue weighted by Gasteiger charge is 2.47. The van der Waals surface area contributed by atoms with Crippen molar-refractivity contribution in [3.8, 4) is 0 Å². The first-order valence-corrected chi connectivity index (χ1v) is 14.2. The van der Waals surface area contributed by atoms with Gasteiger partial charge in [0.05, 0.1) is 19.4 Å². The molecule has 2 amide bonds. The van der Waals surface area contributed by atoms with Gasteiger partial charge in [0.15, 0.2) is 12.3 Å². The summed E-state index contributed by atoms with van der Waals surface area (Å²) < 4.78 is 29.5. The highest BCUT2D eigenvalue weighted by molar-refractivity contribution is 7.53. The molecule has 1 aromatic heterocycles. The van der Waals surface area contributed by atoms with Crippen LogP contribution in [-0.2, 0) is 34.1 Å². The SMILES string of the molecule is CCOP(=O)(Cc1ccc(NC(=O)CCCNC(=O)[C@H]2O[C@@H](n3ccc(=O)[nH]c3=O)[C@H](O)[C@@H]2O)cc1)OCC. The second kappa shape index (κ2) is 13.8. The van der Waals surface area contributed by atoms with Crippen LogP contribution < -0.4 is 21.9 Å². The summed E-state index contributed by atoms with van der Waals surface area (Å²) in [6, 6.07) is 7.82. The summed E-state index contributed by atoms with van der Waals surface area (Å²) in [5, 5.41) is 25.7. The summed E-state index contributed by atoms with van der Waals surface area (Å²) in [7, 11) is -3.24. The van der Waals surface area contributed by atoms with Crippen LogP contribution in [0.1, 0.15) is 38.5 Å². The van der Waals surface area contributed by atoms with E-state index in [1.807, 2.05) is 4.98 Å². The molecule has 39 heavy (non-hydrogen) atoms. The molecule has 14 nitrogen and oxygen atoms in total. The van der Waals surface area contributed by atoms with E-state index in [1.165, 1.54) is 0 Å². The molecule has 0 spiro atoms. The van der Waals surface area contributed by atoms with Crippen molar-refractivity contribution < 1.29 is 38.2 Å². The van der Waals surface area contributed by atoms with Gasteiger partial charge >= 0.3 is 13.3 Å².